The molecule has 110 valence electrons. The number of unbranched alkanes of at least 4 members (excludes halogenated alkanes) is 1. The summed E-state index contributed by atoms with van der Waals surface area (Å²) >= 11 is 0. The lowest BCUT2D eigenvalue weighted by atomic mass is 10.1. The lowest BCUT2D eigenvalue weighted by Gasteiger charge is -2.12. The van der Waals surface area contributed by atoms with Gasteiger partial charge in [0.15, 0.2) is 0 Å². The van der Waals surface area contributed by atoms with E-state index in [0.29, 0.717) is 6.04 Å². The summed E-state index contributed by atoms with van der Waals surface area (Å²) in [5.74, 6) is 0.0359. The summed E-state index contributed by atoms with van der Waals surface area (Å²) < 4.78 is 0. The third-order valence-corrected chi connectivity index (χ3v) is 3.98. The first-order valence-corrected chi connectivity index (χ1v) is 7.90. The third kappa shape index (κ3) is 4.64. The fourth-order valence-corrected chi connectivity index (χ4v) is 2.65. The molecule has 1 aliphatic rings. The van der Waals surface area contributed by atoms with Gasteiger partial charge in [-0.25, -0.2) is 0 Å². The first-order valence-electron chi connectivity index (χ1n) is 7.90. The van der Waals surface area contributed by atoms with Crippen LogP contribution in [0, 0.1) is 0 Å². The van der Waals surface area contributed by atoms with Gasteiger partial charge in [-0.2, -0.15) is 0 Å². The van der Waals surface area contributed by atoms with Crippen LogP contribution < -0.4 is 10.6 Å². The van der Waals surface area contributed by atoms with Gasteiger partial charge in [-0.05, 0) is 37.0 Å². The quantitative estimate of drug-likeness (QED) is 0.749. The van der Waals surface area contributed by atoms with Crippen LogP contribution in [0.3, 0.4) is 0 Å². The molecular formula is C17H26N2O. The highest BCUT2D eigenvalue weighted by Crippen LogP contribution is 2.18. The van der Waals surface area contributed by atoms with Crippen molar-refractivity contribution in [3.63, 3.8) is 0 Å². The van der Waals surface area contributed by atoms with E-state index < -0.39 is 0 Å². The van der Waals surface area contributed by atoms with Gasteiger partial charge in [-0.3, -0.25) is 4.79 Å². The molecule has 2 N–H and O–H groups in total. The molecule has 1 aromatic rings. The largest absolute Gasteiger partial charge is 0.352 e. The van der Waals surface area contributed by atoms with Crippen molar-refractivity contribution in [2.24, 2.45) is 0 Å². The van der Waals surface area contributed by atoms with Gasteiger partial charge in [0.05, 0.1) is 0 Å². The number of benzene rings is 1. The molecule has 2 rings (SSSR count). The van der Waals surface area contributed by atoms with Crippen molar-refractivity contribution >= 4 is 5.91 Å². The molecule has 1 amide bonds. The number of rotatable bonds is 7. The summed E-state index contributed by atoms with van der Waals surface area (Å²) in [4.78, 5) is 11.9. The van der Waals surface area contributed by atoms with Crippen molar-refractivity contribution < 1.29 is 4.79 Å². The van der Waals surface area contributed by atoms with Gasteiger partial charge in [0.1, 0.15) is 0 Å². The van der Waals surface area contributed by atoms with Gasteiger partial charge in [-0.15, -0.1) is 0 Å². The van der Waals surface area contributed by atoms with Crippen LogP contribution in [0.25, 0.3) is 0 Å². The number of nitrogens with one attached hydrogen (secondary N) is 2. The lowest BCUT2D eigenvalue weighted by molar-refractivity contribution is 0.0953. The van der Waals surface area contributed by atoms with E-state index in [1.54, 1.807) is 0 Å². The molecule has 1 aliphatic carbocycles. The second-order valence-corrected chi connectivity index (χ2v) is 5.67. The second-order valence-electron chi connectivity index (χ2n) is 5.67. The van der Waals surface area contributed by atoms with E-state index in [0.717, 1.165) is 31.5 Å². The average Bonchev–Trinajstić information content (AvgIpc) is 2.99. The van der Waals surface area contributed by atoms with Gasteiger partial charge in [0.25, 0.3) is 5.91 Å². The molecule has 0 heterocycles. The molecule has 3 nitrogen and oxygen atoms in total. The van der Waals surface area contributed by atoms with Crippen molar-refractivity contribution in [3.8, 4) is 0 Å². The van der Waals surface area contributed by atoms with Crippen LogP contribution in [0.4, 0.5) is 0 Å². The Labute approximate surface area is 122 Å². The molecule has 0 unspecified atom stereocenters. The Balaban J connectivity index is 1.78. The van der Waals surface area contributed by atoms with E-state index in [9.17, 15) is 4.79 Å². The molecular weight excluding hydrogens is 248 g/mol. The van der Waals surface area contributed by atoms with Gasteiger partial charge >= 0.3 is 0 Å². The van der Waals surface area contributed by atoms with Crippen LogP contribution >= 0.6 is 0 Å². The summed E-state index contributed by atoms with van der Waals surface area (Å²) in [6.07, 6.45) is 7.46. The average molecular weight is 274 g/mol. The Morgan fingerprint density at radius 1 is 1.20 bits per heavy atom. The minimum absolute atomic E-state index is 0.0359. The van der Waals surface area contributed by atoms with Gasteiger partial charge in [-0.1, -0.05) is 38.3 Å². The monoisotopic (exact) mass is 274 g/mol. The van der Waals surface area contributed by atoms with Crippen molar-refractivity contribution in [3.05, 3.63) is 35.4 Å². The predicted octanol–water partition coefficient (Wildman–Crippen LogP) is 3.25. The molecule has 3 heteroatoms. The number of carbonyl (C=O) groups is 1. The molecule has 1 aromatic carbocycles. The summed E-state index contributed by atoms with van der Waals surface area (Å²) in [5.41, 5.74) is 2.01. The standard InChI is InChI=1S/C17H26N2O/c1-2-3-12-18-17(20)15-10-8-14(9-11-15)13-19-16-6-4-5-7-16/h8-11,16,19H,2-7,12-13H2,1H3,(H,18,20). The highest BCUT2D eigenvalue weighted by Gasteiger charge is 2.13. The predicted molar refractivity (Wildman–Crippen MR) is 82.8 cm³/mol. The summed E-state index contributed by atoms with van der Waals surface area (Å²) in [6.45, 7) is 3.79. The molecule has 20 heavy (non-hydrogen) atoms. The first-order chi connectivity index (χ1) is 9.79. The molecule has 1 saturated carbocycles. The summed E-state index contributed by atoms with van der Waals surface area (Å²) in [7, 11) is 0. The minimum atomic E-state index is 0.0359. The third-order valence-electron chi connectivity index (χ3n) is 3.98. The van der Waals surface area contributed by atoms with Crippen LogP contribution in [0.15, 0.2) is 24.3 Å². The number of hydrogen-bond donors (Lipinski definition) is 2. The highest BCUT2D eigenvalue weighted by atomic mass is 16.1. The zero-order chi connectivity index (χ0) is 14.2. The maximum Gasteiger partial charge on any atom is 0.251 e. The topological polar surface area (TPSA) is 41.1 Å². The molecule has 0 bridgehead atoms. The van der Waals surface area contributed by atoms with Gasteiger partial charge in [0.2, 0.25) is 0 Å². The van der Waals surface area contributed by atoms with E-state index in [1.807, 2.05) is 12.1 Å². The normalized spacial score (nSPS) is 15.4. The van der Waals surface area contributed by atoms with Crippen molar-refractivity contribution in [2.45, 2.75) is 58.0 Å². The molecule has 0 saturated heterocycles. The maximum absolute atomic E-state index is 11.9. The number of hydrogen-bond acceptors (Lipinski definition) is 2. The molecule has 1 fully saturated rings. The smallest absolute Gasteiger partial charge is 0.251 e. The van der Waals surface area contributed by atoms with Crippen LogP contribution in [-0.4, -0.2) is 18.5 Å². The first kappa shape index (κ1) is 15.0. The fourth-order valence-electron chi connectivity index (χ4n) is 2.65. The Bertz CT molecular complexity index is 408. The zero-order valence-corrected chi connectivity index (χ0v) is 12.5. The van der Waals surface area contributed by atoms with Crippen LogP contribution in [0.1, 0.15) is 61.4 Å². The molecule has 0 radical (unpaired) electrons. The van der Waals surface area contributed by atoms with E-state index in [1.165, 1.54) is 31.2 Å². The van der Waals surface area contributed by atoms with E-state index in [4.69, 9.17) is 0 Å². The fraction of sp³-hybridized carbons (Fsp3) is 0.588. The number of carbonyl (C=O) groups excluding carboxylic acids is 1. The van der Waals surface area contributed by atoms with Crippen LogP contribution in [0.5, 0.6) is 0 Å². The van der Waals surface area contributed by atoms with E-state index in [2.05, 4.69) is 29.7 Å². The van der Waals surface area contributed by atoms with Crippen LogP contribution in [0.2, 0.25) is 0 Å². The number of amides is 1. The molecule has 0 aromatic heterocycles. The maximum atomic E-state index is 11.9. The van der Waals surface area contributed by atoms with E-state index in [-0.39, 0.29) is 5.91 Å². The summed E-state index contributed by atoms with van der Waals surface area (Å²) in [5, 5.41) is 6.53. The second kappa shape index (κ2) is 8.05. The molecule has 0 atom stereocenters. The van der Waals surface area contributed by atoms with Gasteiger partial charge in [0, 0.05) is 24.7 Å². The highest BCUT2D eigenvalue weighted by molar-refractivity contribution is 5.94. The van der Waals surface area contributed by atoms with Crippen molar-refractivity contribution in [2.75, 3.05) is 6.54 Å². The Morgan fingerprint density at radius 3 is 2.55 bits per heavy atom. The Morgan fingerprint density at radius 2 is 1.90 bits per heavy atom. The summed E-state index contributed by atoms with van der Waals surface area (Å²) in [6, 6.07) is 8.64. The zero-order valence-electron chi connectivity index (χ0n) is 12.5. The van der Waals surface area contributed by atoms with Crippen molar-refractivity contribution in [1.29, 1.82) is 0 Å². The molecule has 0 spiro atoms. The lowest BCUT2D eigenvalue weighted by Crippen LogP contribution is -2.26. The Hall–Kier alpha value is -1.35. The minimum Gasteiger partial charge on any atom is -0.352 e. The van der Waals surface area contributed by atoms with Crippen LogP contribution in [-0.2, 0) is 6.54 Å². The molecule has 0 aliphatic heterocycles. The Kier molecular flexibility index (Phi) is 6.06. The SMILES string of the molecule is CCCCNC(=O)c1ccc(CNC2CCCC2)cc1. The van der Waals surface area contributed by atoms with Crippen molar-refractivity contribution in [1.82, 2.24) is 10.6 Å². The van der Waals surface area contributed by atoms with Gasteiger partial charge < -0.3 is 10.6 Å². The van der Waals surface area contributed by atoms with E-state index >= 15 is 0 Å².